The number of phosphoric acid groups is 1. The molecule has 5 N–H and O–H groups in total. The molecule has 0 aliphatic carbocycles. The van der Waals surface area contributed by atoms with E-state index in [2.05, 4.69) is 0 Å². The molecule has 0 heterocycles. The summed E-state index contributed by atoms with van der Waals surface area (Å²) in [4.78, 5) is 55.5. The van der Waals surface area contributed by atoms with Crippen LogP contribution < -0.4 is 11.5 Å². The van der Waals surface area contributed by atoms with E-state index < -0.39 is 82.4 Å². The largest absolute Gasteiger partial charge is 0.472 e. The first-order chi connectivity index (χ1) is 15.2. The average Bonchev–Trinajstić information content (AvgIpc) is 2.64. The Morgan fingerprint density at radius 2 is 1.21 bits per heavy atom. The number of rotatable bonds is 16. The Kier molecular flexibility index (Phi) is 14.7. The van der Waals surface area contributed by atoms with Crippen molar-refractivity contribution in [2.45, 2.75) is 64.8 Å². The maximum absolute atomic E-state index is 12.2. The molecule has 0 aromatic rings. The minimum Gasteiger partial charge on any atom is -0.462 e. The third-order valence-electron chi connectivity index (χ3n) is 3.36. The summed E-state index contributed by atoms with van der Waals surface area (Å²) in [6.45, 7) is 3.17. The number of carbonyl (C=O) groups is 4. The number of hydrogen-bond acceptors (Lipinski definition) is 13. The van der Waals surface area contributed by atoms with Crippen LogP contribution in [0.1, 0.15) is 40.5 Å². The maximum Gasteiger partial charge on any atom is 0.472 e. The molecule has 0 saturated carbocycles. The van der Waals surface area contributed by atoms with Crippen molar-refractivity contribution in [3.05, 3.63) is 0 Å². The Bertz CT molecular complexity index is 700. The van der Waals surface area contributed by atoms with Crippen LogP contribution in [0.4, 0.5) is 0 Å². The van der Waals surface area contributed by atoms with Crippen molar-refractivity contribution in [1.82, 2.24) is 0 Å². The van der Waals surface area contributed by atoms with Crippen LogP contribution in [0.5, 0.6) is 0 Å². The van der Waals surface area contributed by atoms with Crippen LogP contribution >= 0.6 is 7.82 Å². The second-order valence-electron chi connectivity index (χ2n) is 7.25. The fourth-order valence-corrected chi connectivity index (χ4v) is 2.86. The lowest BCUT2D eigenvalue weighted by Crippen LogP contribution is -2.32. The van der Waals surface area contributed by atoms with Crippen molar-refractivity contribution in [2.24, 2.45) is 11.5 Å². The highest BCUT2D eigenvalue weighted by Crippen LogP contribution is 2.43. The summed E-state index contributed by atoms with van der Waals surface area (Å²) < 4.78 is 41.3. The van der Waals surface area contributed by atoms with E-state index in [1.807, 2.05) is 0 Å². The first kappa shape index (κ1) is 30.9. The van der Waals surface area contributed by atoms with Gasteiger partial charge in [-0.15, -0.1) is 0 Å². The van der Waals surface area contributed by atoms with Crippen LogP contribution in [0.25, 0.3) is 0 Å². The topological polar surface area (TPSA) is 213 Å². The molecule has 0 aliphatic heterocycles. The van der Waals surface area contributed by atoms with Crippen molar-refractivity contribution in [3.8, 4) is 0 Å². The van der Waals surface area contributed by atoms with Crippen LogP contribution in [0.3, 0.4) is 0 Å². The molecule has 0 amide bonds. The van der Waals surface area contributed by atoms with Crippen LogP contribution in [-0.2, 0) is 51.7 Å². The van der Waals surface area contributed by atoms with E-state index >= 15 is 0 Å². The van der Waals surface area contributed by atoms with E-state index in [1.54, 1.807) is 13.8 Å². The van der Waals surface area contributed by atoms with Crippen molar-refractivity contribution in [2.75, 3.05) is 26.4 Å². The van der Waals surface area contributed by atoms with Gasteiger partial charge in [-0.05, 0) is 13.8 Å². The number of esters is 4. The van der Waals surface area contributed by atoms with Gasteiger partial charge in [-0.2, -0.15) is 0 Å². The number of nitrogens with two attached hydrogens (primary N) is 2. The summed E-state index contributed by atoms with van der Waals surface area (Å²) in [5.74, 6) is -2.81. The van der Waals surface area contributed by atoms with Gasteiger partial charge in [0.2, 0.25) is 0 Å². The summed E-state index contributed by atoms with van der Waals surface area (Å²) in [5, 5.41) is 0. The minimum absolute atomic E-state index is 0.0944. The van der Waals surface area contributed by atoms with E-state index in [4.69, 9.17) is 39.5 Å². The molecule has 0 saturated heterocycles. The van der Waals surface area contributed by atoms with Crippen molar-refractivity contribution in [1.29, 1.82) is 0 Å². The van der Waals surface area contributed by atoms with Gasteiger partial charge in [-0.1, -0.05) is 0 Å². The molecule has 0 aliphatic rings. The number of ether oxygens (including phenoxy) is 4. The second-order valence-corrected chi connectivity index (χ2v) is 8.71. The van der Waals surface area contributed by atoms with E-state index in [1.165, 1.54) is 0 Å². The fraction of sp³-hybridized carbons (Fsp3) is 0.778. The second kappa shape index (κ2) is 15.7. The van der Waals surface area contributed by atoms with Gasteiger partial charge < -0.3 is 35.3 Å². The van der Waals surface area contributed by atoms with Crippen LogP contribution in [0, 0.1) is 0 Å². The quantitative estimate of drug-likeness (QED) is 0.139. The lowest BCUT2D eigenvalue weighted by atomic mass is 10.2. The summed E-state index contributed by atoms with van der Waals surface area (Å²) in [5.41, 5.74) is 11.0. The van der Waals surface area contributed by atoms with Gasteiger partial charge in [0, 0.05) is 25.9 Å². The van der Waals surface area contributed by atoms with E-state index in [-0.39, 0.29) is 12.8 Å². The lowest BCUT2D eigenvalue weighted by molar-refractivity contribution is -0.161. The maximum atomic E-state index is 12.2. The number of hydrogen-bond donors (Lipinski definition) is 3. The van der Waals surface area contributed by atoms with Crippen molar-refractivity contribution < 1.29 is 56.6 Å². The normalized spacial score (nSPS) is 16.5. The zero-order valence-electron chi connectivity index (χ0n) is 19.1. The molecule has 0 bridgehead atoms. The number of phosphoric ester groups is 1. The molecular formula is C18H33N2O12P. The molecule has 0 fully saturated rings. The molecule has 0 radical (unpaired) electrons. The van der Waals surface area contributed by atoms with E-state index in [9.17, 15) is 28.6 Å². The Hall–Kier alpha value is -2.09. The van der Waals surface area contributed by atoms with Gasteiger partial charge in [0.05, 0.1) is 26.1 Å². The molecule has 2 unspecified atom stereocenters. The van der Waals surface area contributed by atoms with Crippen molar-refractivity contribution in [3.63, 3.8) is 0 Å². The van der Waals surface area contributed by atoms with Gasteiger partial charge in [0.15, 0.2) is 12.2 Å². The zero-order chi connectivity index (χ0) is 25.6. The Morgan fingerprint density at radius 1 is 0.758 bits per heavy atom. The lowest BCUT2D eigenvalue weighted by Gasteiger charge is -2.21. The van der Waals surface area contributed by atoms with Gasteiger partial charge in [0.1, 0.15) is 13.2 Å². The third-order valence-corrected chi connectivity index (χ3v) is 4.31. The fourth-order valence-electron chi connectivity index (χ4n) is 2.07. The summed E-state index contributed by atoms with van der Waals surface area (Å²) in [6, 6.07) is -0.974. The van der Waals surface area contributed by atoms with Gasteiger partial charge in [-0.25, -0.2) is 4.57 Å². The highest BCUT2D eigenvalue weighted by Gasteiger charge is 2.28. The van der Waals surface area contributed by atoms with Gasteiger partial charge >= 0.3 is 31.7 Å². The van der Waals surface area contributed by atoms with Crippen LogP contribution in [-0.4, -0.2) is 79.5 Å². The van der Waals surface area contributed by atoms with E-state index in [0.29, 0.717) is 0 Å². The summed E-state index contributed by atoms with van der Waals surface area (Å²) in [7, 11) is -4.74. The average molecular weight is 500 g/mol. The smallest absolute Gasteiger partial charge is 0.462 e. The minimum atomic E-state index is -4.74. The molecule has 33 heavy (non-hydrogen) atoms. The Balaban J connectivity index is 4.94. The predicted molar refractivity (Wildman–Crippen MR) is 111 cm³/mol. The number of carbonyl (C=O) groups excluding carboxylic acids is 4. The Morgan fingerprint density at radius 3 is 1.67 bits per heavy atom. The monoisotopic (exact) mass is 500 g/mol. The first-order valence-corrected chi connectivity index (χ1v) is 11.5. The molecule has 0 rings (SSSR count). The molecule has 0 spiro atoms. The molecule has 14 nitrogen and oxygen atoms in total. The first-order valence-electron chi connectivity index (χ1n) is 9.98. The van der Waals surface area contributed by atoms with Gasteiger partial charge in [0.25, 0.3) is 0 Å². The summed E-state index contributed by atoms with van der Waals surface area (Å²) >= 11 is 0. The van der Waals surface area contributed by atoms with Crippen LogP contribution in [0.15, 0.2) is 0 Å². The zero-order valence-corrected chi connectivity index (χ0v) is 20.0. The van der Waals surface area contributed by atoms with E-state index in [0.717, 1.165) is 13.8 Å². The highest BCUT2D eigenvalue weighted by atomic mass is 31.2. The summed E-state index contributed by atoms with van der Waals surface area (Å²) in [6.07, 6.45) is -2.67. The molecular weight excluding hydrogens is 467 g/mol. The standard InChI is InChI=1S/C18H33N2O12P/c1-11(19)5-17(23)28-8-16(32-18(24)6-12(2)20)10-30-33(25,26)29-9-15(31-14(4)22)7-27-13(3)21/h11-12,15-16H,5-10,19-20H2,1-4H3,(H,25,26)/t11-,12-,15+,16?/m0/s1. The molecule has 192 valence electrons. The Labute approximate surface area is 191 Å². The van der Waals surface area contributed by atoms with Gasteiger partial charge in [-0.3, -0.25) is 28.2 Å². The predicted octanol–water partition coefficient (Wildman–Crippen LogP) is -0.456. The molecule has 0 aromatic carbocycles. The third kappa shape index (κ3) is 18.1. The SMILES string of the molecule is CC(=O)OC[C@H](COP(=O)(O)OCC(COC(=O)C[C@H](C)N)OC(=O)C[C@H](C)N)OC(C)=O. The molecule has 15 heteroatoms. The van der Waals surface area contributed by atoms with Crippen molar-refractivity contribution >= 4 is 31.7 Å². The molecule has 5 atom stereocenters. The highest BCUT2D eigenvalue weighted by molar-refractivity contribution is 7.47. The molecule has 0 aromatic heterocycles. The van der Waals surface area contributed by atoms with Crippen LogP contribution in [0.2, 0.25) is 0 Å².